The maximum Gasteiger partial charge on any atom is 0.407 e. The Hall–Kier alpha value is -1.97. The molecule has 184 valence electrons. The third-order valence-electron chi connectivity index (χ3n) is 5.65. The Labute approximate surface area is 215 Å². The van der Waals surface area contributed by atoms with Gasteiger partial charge in [0.05, 0.1) is 6.54 Å². The second-order valence-electron chi connectivity index (χ2n) is 9.58. The van der Waals surface area contributed by atoms with Crippen molar-refractivity contribution in [1.29, 1.82) is 0 Å². The van der Waals surface area contributed by atoms with Crippen molar-refractivity contribution in [3.05, 3.63) is 42.0 Å². The molecule has 2 aliphatic rings. The molecule has 1 amide bonds. The number of aliphatic imine (C=N–C) groups is 1. The Morgan fingerprint density at radius 1 is 1.09 bits per heavy atom. The SMILES string of the molecule is CCNC(=NCc1cccc(N2CC=CC2)c1)NC1CCC(NC(=O)OC(C)(C)C)CC1.I. The van der Waals surface area contributed by atoms with E-state index >= 15 is 0 Å². The maximum atomic E-state index is 12.0. The number of guanidine groups is 1. The number of alkyl carbamates (subject to hydrolysis) is 1. The van der Waals surface area contributed by atoms with E-state index in [1.807, 2.05) is 20.8 Å². The molecule has 0 unspecified atom stereocenters. The van der Waals surface area contributed by atoms with E-state index < -0.39 is 5.60 Å². The fourth-order valence-corrected chi connectivity index (χ4v) is 4.08. The van der Waals surface area contributed by atoms with Gasteiger partial charge in [0, 0.05) is 37.4 Å². The van der Waals surface area contributed by atoms with Crippen LogP contribution in [-0.4, -0.2) is 49.4 Å². The van der Waals surface area contributed by atoms with Gasteiger partial charge < -0.3 is 25.6 Å². The molecule has 3 N–H and O–H groups in total. The lowest BCUT2D eigenvalue weighted by atomic mass is 9.91. The molecule has 0 atom stereocenters. The van der Waals surface area contributed by atoms with Crippen LogP contribution in [0.4, 0.5) is 10.5 Å². The zero-order valence-corrected chi connectivity index (χ0v) is 22.7. The van der Waals surface area contributed by atoms with E-state index in [-0.39, 0.29) is 36.1 Å². The zero-order chi connectivity index (χ0) is 23.0. The van der Waals surface area contributed by atoms with Crippen LogP contribution in [0.2, 0.25) is 0 Å². The molecular weight excluding hydrogens is 529 g/mol. The van der Waals surface area contributed by atoms with Crippen molar-refractivity contribution < 1.29 is 9.53 Å². The van der Waals surface area contributed by atoms with Gasteiger partial charge in [0.2, 0.25) is 0 Å². The molecule has 1 aromatic carbocycles. The van der Waals surface area contributed by atoms with Crippen LogP contribution < -0.4 is 20.9 Å². The average Bonchev–Trinajstić information content (AvgIpc) is 3.27. The standard InChI is InChI=1S/C25H39N5O2.HI/c1-5-26-23(27-18-19-9-8-10-22(17-19)30-15-6-7-16-30)28-20-11-13-21(14-12-20)29-24(31)32-25(2,3)4;/h6-10,17,20-21H,5,11-16,18H2,1-4H3,(H,29,31)(H2,26,27,28);1H. The van der Waals surface area contributed by atoms with Gasteiger partial charge in [0.15, 0.2) is 5.96 Å². The monoisotopic (exact) mass is 569 g/mol. The lowest BCUT2D eigenvalue weighted by Gasteiger charge is -2.31. The summed E-state index contributed by atoms with van der Waals surface area (Å²) in [5.41, 5.74) is 1.98. The van der Waals surface area contributed by atoms with Gasteiger partial charge in [-0.1, -0.05) is 24.3 Å². The van der Waals surface area contributed by atoms with Crippen molar-refractivity contribution in [3.63, 3.8) is 0 Å². The predicted molar refractivity (Wildman–Crippen MR) is 147 cm³/mol. The average molecular weight is 570 g/mol. The predicted octanol–water partition coefficient (Wildman–Crippen LogP) is 4.57. The van der Waals surface area contributed by atoms with Crippen molar-refractivity contribution in [3.8, 4) is 0 Å². The summed E-state index contributed by atoms with van der Waals surface area (Å²) in [5.74, 6) is 0.851. The molecule has 3 rings (SSSR count). The molecule has 8 heteroatoms. The molecule has 0 bridgehead atoms. The molecule has 1 aromatic rings. The van der Waals surface area contributed by atoms with Crippen molar-refractivity contribution in [1.82, 2.24) is 16.0 Å². The number of amides is 1. The molecule has 1 saturated carbocycles. The largest absolute Gasteiger partial charge is 0.444 e. The highest BCUT2D eigenvalue weighted by Crippen LogP contribution is 2.20. The van der Waals surface area contributed by atoms with E-state index in [1.54, 1.807) is 0 Å². The first kappa shape index (κ1) is 27.3. The summed E-state index contributed by atoms with van der Waals surface area (Å²) in [7, 11) is 0. The van der Waals surface area contributed by atoms with Gasteiger partial charge in [-0.25, -0.2) is 9.79 Å². The third-order valence-corrected chi connectivity index (χ3v) is 5.65. The number of carbonyl (C=O) groups excluding carboxylic acids is 1. The highest BCUT2D eigenvalue weighted by Gasteiger charge is 2.25. The van der Waals surface area contributed by atoms with Crippen LogP contribution in [0.15, 0.2) is 41.4 Å². The molecule has 1 heterocycles. The summed E-state index contributed by atoms with van der Waals surface area (Å²) in [4.78, 5) is 19.2. The van der Waals surface area contributed by atoms with Crippen LogP contribution in [0.25, 0.3) is 0 Å². The van der Waals surface area contributed by atoms with Crippen LogP contribution in [0.1, 0.15) is 58.9 Å². The molecule has 33 heavy (non-hydrogen) atoms. The van der Waals surface area contributed by atoms with E-state index in [0.29, 0.717) is 12.6 Å². The number of rotatable bonds is 6. The fraction of sp³-hybridized carbons (Fsp3) is 0.600. The highest BCUT2D eigenvalue weighted by molar-refractivity contribution is 14.0. The van der Waals surface area contributed by atoms with Gasteiger partial charge in [-0.2, -0.15) is 0 Å². The quantitative estimate of drug-likeness (QED) is 0.203. The fourth-order valence-electron chi connectivity index (χ4n) is 4.08. The van der Waals surface area contributed by atoms with E-state index in [0.717, 1.165) is 51.3 Å². The minimum Gasteiger partial charge on any atom is -0.444 e. The molecule has 1 aliphatic heterocycles. The van der Waals surface area contributed by atoms with E-state index in [2.05, 4.69) is 64.2 Å². The summed E-state index contributed by atoms with van der Waals surface area (Å²) in [5, 5.41) is 9.96. The molecule has 0 spiro atoms. The Balaban J connectivity index is 0.00000385. The van der Waals surface area contributed by atoms with Gasteiger partial charge in [0.1, 0.15) is 5.60 Å². The summed E-state index contributed by atoms with van der Waals surface area (Å²) in [6.07, 6.45) is 7.93. The minimum atomic E-state index is -0.467. The molecule has 0 aromatic heterocycles. The molecule has 1 aliphatic carbocycles. The molecular formula is C25H40IN5O2. The van der Waals surface area contributed by atoms with Crippen LogP contribution >= 0.6 is 24.0 Å². The molecule has 0 radical (unpaired) electrons. The second kappa shape index (κ2) is 13.1. The summed E-state index contributed by atoms with van der Waals surface area (Å²) >= 11 is 0. The second-order valence-corrected chi connectivity index (χ2v) is 9.58. The third kappa shape index (κ3) is 9.43. The van der Waals surface area contributed by atoms with Crippen molar-refractivity contribution in [2.45, 2.75) is 77.6 Å². The number of nitrogens with one attached hydrogen (secondary N) is 3. The molecule has 0 saturated heterocycles. The first-order chi connectivity index (χ1) is 15.3. The summed E-state index contributed by atoms with van der Waals surface area (Å²) in [6.45, 7) is 11.1. The Morgan fingerprint density at radius 2 is 1.73 bits per heavy atom. The number of hydrogen-bond donors (Lipinski definition) is 3. The van der Waals surface area contributed by atoms with E-state index in [9.17, 15) is 4.79 Å². The minimum absolute atomic E-state index is 0. The lowest BCUT2D eigenvalue weighted by Crippen LogP contribution is -2.48. The maximum absolute atomic E-state index is 12.0. The molecule has 7 nitrogen and oxygen atoms in total. The normalized spacial score (nSPS) is 20.7. The van der Waals surface area contributed by atoms with E-state index in [1.165, 1.54) is 11.3 Å². The summed E-state index contributed by atoms with van der Waals surface area (Å²) < 4.78 is 5.38. The van der Waals surface area contributed by atoms with Crippen molar-refractivity contribution in [2.24, 2.45) is 4.99 Å². The number of carbonyl (C=O) groups is 1. The van der Waals surface area contributed by atoms with Gasteiger partial charge in [-0.15, -0.1) is 24.0 Å². The van der Waals surface area contributed by atoms with Crippen molar-refractivity contribution in [2.75, 3.05) is 24.5 Å². The first-order valence-electron chi connectivity index (χ1n) is 11.9. The van der Waals surface area contributed by atoms with Gasteiger partial charge in [-0.05, 0) is 71.1 Å². The lowest BCUT2D eigenvalue weighted by molar-refractivity contribution is 0.0490. The number of anilines is 1. The van der Waals surface area contributed by atoms with Gasteiger partial charge in [0.25, 0.3) is 0 Å². The smallest absolute Gasteiger partial charge is 0.407 e. The first-order valence-corrected chi connectivity index (χ1v) is 11.9. The van der Waals surface area contributed by atoms with Crippen LogP contribution in [0.3, 0.4) is 0 Å². The number of benzene rings is 1. The Morgan fingerprint density at radius 3 is 2.33 bits per heavy atom. The summed E-state index contributed by atoms with van der Waals surface area (Å²) in [6, 6.07) is 9.16. The van der Waals surface area contributed by atoms with Crippen LogP contribution in [-0.2, 0) is 11.3 Å². The van der Waals surface area contributed by atoms with Gasteiger partial charge >= 0.3 is 6.09 Å². The zero-order valence-electron chi connectivity index (χ0n) is 20.4. The number of halogens is 1. The Kier molecular flexibility index (Phi) is 10.8. The molecule has 1 fully saturated rings. The topological polar surface area (TPSA) is 78.0 Å². The van der Waals surface area contributed by atoms with E-state index in [4.69, 9.17) is 9.73 Å². The number of hydrogen-bond acceptors (Lipinski definition) is 4. The number of ether oxygens (including phenoxy) is 1. The Bertz CT molecular complexity index is 805. The van der Waals surface area contributed by atoms with Crippen molar-refractivity contribution >= 4 is 41.7 Å². The van der Waals surface area contributed by atoms with Gasteiger partial charge in [-0.3, -0.25) is 0 Å². The number of nitrogens with zero attached hydrogens (tertiary/aromatic N) is 2. The van der Waals surface area contributed by atoms with Crippen LogP contribution in [0, 0.1) is 0 Å². The highest BCUT2D eigenvalue weighted by atomic mass is 127. The van der Waals surface area contributed by atoms with Crippen LogP contribution in [0.5, 0.6) is 0 Å².